The predicted octanol–water partition coefficient (Wildman–Crippen LogP) is 3.85. The molecule has 0 heterocycles. The molecule has 0 aliphatic heterocycles. The van der Waals surface area contributed by atoms with E-state index in [9.17, 15) is 0 Å². The maximum absolute atomic E-state index is 6.75. The Hall–Kier alpha value is -1.22. The lowest BCUT2D eigenvalue weighted by molar-refractivity contribution is 0.295. The highest BCUT2D eigenvalue weighted by molar-refractivity contribution is 5.44. The van der Waals surface area contributed by atoms with Gasteiger partial charge in [0.05, 0.1) is 14.2 Å². The summed E-state index contributed by atoms with van der Waals surface area (Å²) in [7, 11) is 3.36. The summed E-state index contributed by atoms with van der Waals surface area (Å²) in [6.45, 7) is 4.67. The zero-order valence-corrected chi connectivity index (χ0v) is 13.2. The van der Waals surface area contributed by atoms with Crippen molar-refractivity contribution >= 4 is 0 Å². The standard InChI is InChI=1S/C17H27NO2/c1-16(2)8-5-9-17(18,11-10-16)14-7-6-13(19-3)12-15(14)20-4/h6-7,12H,5,8-11,18H2,1-4H3. The van der Waals surface area contributed by atoms with Gasteiger partial charge in [-0.1, -0.05) is 20.3 Å². The van der Waals surface area contributed by atoms with Crippen LogP contribution in [0.3, 0.4) is 0 Å². The molecule has 0 aromatic heterocycles. The molecule has 1 fully saturated rings. The van der Waals surface area contributed by atoms with Crippen LogP contribution in [0.25, 0.3) is 0 Å². The highest BCUT2D eigenvalue weighted by Crippen LogP contribution is 2.44. The Labute approximate surface area is 122 Å². The van der Waals surface area contributed by atoms with E-state index >= 15 is 0 Å². The van der Waals surface area contributed by atoms with Crippen molar-refractivity contribution in [1.82, 2.24) is 0 Å². The van der Waals surface area contributed by atoms with Crippen molar-refractivity contribution in [1.29, 1.82) is 0 Å². The summed E-state index contributed by atoms with van der Waals surface area (Å²) in [5.74, 6) is 1.65. The molecule has 0 saturated heterocycles. The maximum Gasteiger partial charge on any atom is 0.127 e. The highest BCUT2D eigenvalue weighted by atomic mass is 16.5. The molecular formula is C17H27NO2. The summed E-state index contributed by atoms with van der Waals surface area (Å²) < 4.78 is 10.8. The molecule has 2 N–H and O–H groups in total. The van der Waals surface area contributed by atoms with Gasteiger partial charge in [-0.25, -0.2) is 0 Å². The molecule has 0 bridgehead atoms. The third-order valence-electron chi connectivity index (χ3n) is 4.67. The molecule has 1 aromatic carbocycles. The van der Waals surface area contributed by atoms with Crippen molar-refractivity contribution in [3.8, 4) is 11.5 Å². The summed E-state index contributed by atoms with van der Waals surface area (Å²) in [6, 6.07) is 5.97. The first-order chi connectivity index (χ1) is 9.40. The van der Waals surface area contributed by atoms with Gasteiger partial charge >= 0.3 is 0 Å². The molecule has 0 amide bonds. The minimum absolute atomic E-state index is 0.286. The van der Waals surface area contributed by atoms with Crippen LogP contribution in [-0.2, 0) is 5.54 Å². The van der Waals surface area contributed by atoms with Crippen LogP contribution in [0, 0.1) is 5.41 Å². The van der Waals surface area contributed by atoms with Crippen LogP contribution >= 0.6 is 0 Å². The predicted molar refractivity (Wildman–Crippen MR) is 82.3 cm³/mol. The van der Waals surface area contributed by atoms with Gasteiger partial charge in [0.2, 0.25) is 0 Å². The average Bonchev–Trinajstić information content (AvgIpc) is 2.57. The zero-order chi connectivity index (χ0) is 14.8. The van der Waals surface area contributed by atoms with Gasteiger partial charge < -0.3 is 15.2 Å². The van der Waals surface area contributed by atoms with Crippen molar-refractivity contribution in [3.63, 3.8) is 0 Å². The van der Waals surface area contributed by atoms with E-state index in [-0.39, 0.29) is 5.54 Å². The lowest BCUT2D eigenvalue weighted by Crippen LogP contribution is -2.36. The number of hydrogen-bond donors (Lipinski definition) is 1. The van der Waals surface area contributed by atoms with Crippen molar-refractivity contribution in [2.45, 2.75) is 51.5 Å². The smallest absolute Gasteiger partial charge is 0.127 e. The van der Waals surface area contributed by atoms with Gasteiger partial charge in [0.15, 0.2) is 0 Å². The molecule has 1 saturated carbocycles. The second-order valence-electron chi connectivity index (χ2n) is 6.74. The summed E-state index contributed by atoms with van der Waals surface area (Å²) in [5.41, 5.74) is 7.96. The Morgan fingerprint density at radius 2 is 1.75 bits per heavy atom. The fraction of sp³-hybridized carbons (Fsp3) is 0.647. The van der Waals surface area contributed by atoms with Crippen molar-refractivity contribution in [3.05, 3.63) is 23.8 Å². The number of nitrogens with two attached hydrogens (primary N) is 1. The summed E-state index contributed by atoms with van der Waals surface area (Å²) in [5, 5.41) is 0. The molecule has 1 unspecified atom stereocenters. The fourth-order valence-electron chi connectivity index (χ4n) is 3.17. The van der Waals surface area contributed by atoms with Gasteiger partial charge in [-0.2, -0.15) is 0 Å². The van der Waals surface area contributed by atoms with E-state index in [0.29, 0.717) is 5.41 Å². The molecule has 1 aliphatic carbocycles. The minimum atomic E-state index is -0.286. The van der Waals surface area contributed by atoms with Crippen molar-refractivity contribution < 1.29 is 9.47 Å². The van der Waals surface area contributed by atoms with E-state index in [1.54, 1.807) is 14.2 Å². The monoisotopic (exact) mass is 277 g/mol. The van der Waals surface area contributed by atoms with Crippen LogP contribution in [0.1, 0.15) is 51.5 Å². The van der Waals surface area contributed by atoms with Gasteiger partial charge in [0, 0.05) is 17.2 Å². The summed E-state index contributed by atoms with van der Waals surface area (Å²) in [4.78, 5) is 0. The van der Waals surface area contributed by atoms with E-state index in [2.05, 4.69) is 19.9 Å². The van der Waals surface area contributed by atoms with Crippen LogP contribution in [0.15, 0.2) is 18.2 Å². The molecule has 0 radical (unpaired) electrons. The summed E-state index contributed by atoms with van der Waals surface area (Å²) in [6.07, 6.45) is 5.57. The lowest BCUT2D eigenvalue weighted by Gasteiger charge is -2.31. The van der Waals surface area contributed by atoms with Crippen LogP contribution in [0.5, 0.6) is 11.5 Å². The van der Waals surface area contributed by atoms with Crippen LogP contribution in [0.4, 0.5) is 0 Å². The quantitative estimate of drug-likeness (QED) is 0.854. The van der Waals surface area contributed by atoms with Gasteiger partial charge in [-0.3, -0.25) is 0 Å². The summed E-state index contributed by atoms with van der Waals surface area (Å²) >= 11 is 0. The Bertz CT molecular complexity index is 470. The second kappa shape index (κ2) is 5.65. The van der Waals surface area contributed by atoms with Crippen LogP contribution < -0.4 is 15.2 Å². The Kier molecular flexibility index (Phi) is 4.28. The molecule has 112 valence electrons. The number of methoxy groups -OCH3 is 2. The van der Waals surface area contributed by atoms with Crippen LogP contribution in [-0.4, -0.2) is 14.2 Å². The Balaban J connectivity index is 2.33. The van der Waals surface area contributed by atoms with Crippen molar-refractivity contribution in [2.24, 2.45) is 11.1 Å². The number of ether oxygens (including phenoxy) is 2. The first kappa shape index (κ1) is 15.2. The maximum atomic E-state index is 6.75. The van der Waals surface area contributed by atoms with Gasteiger partial charge in [0.25, 0.3) is 0 Å². The van der Waals surface area contributed by atoms with Gasteiger partial charge in [-0.05, 0) is 43.2 Å². The largest absolute Gasteiger partial charge is 0.497 e. The van der Waals surface area contributed by atoms with E-state index < -0.39 is 0 Å². The number of rotatable bonds is 3. The second-order valence-corrected chi connectivity index (χ2v) is 6.74. The molecule has 1 aromatic rings. The van der Waals surface area contributed by atoms with Gasteiger partial charge in [0.1, 0.15) is 11.5 Å². The SMILES string of the molecule is COc1ccc(C2(N)CCCC(C)(C)CC2)c(OC)c1. The third kappa shape index (κ3) is 3.09. The van der Waals surface area contributed by atoms with Crippen molar-refractivity contribution in [2.75, 3.05) is 14.2 Å². The average molecular weight is 277 g/mol. The molecule has 20 heavy (non-hydrogen) atoms. The molecule has 3 heteroatoms. The number of benzene rings is 1. The Morgan fingerprint density at radius 1 is 1.00 bits per heavy atom. The topological polar surface area (TPSA) is 44.5 Å². The highest BCUT2D eigenvalue weighted by Gasteiger charge is 2.35. The molecule has 3 nitrogen and oxygen atoms in total. The molecular weight excluding hydrogens is 250 g/mol. The molecule has 2 rings (SSSR count). The van der Waals surface area contributed by atoms with E-state index in [4.69, 9.17) is 15.2 Å². The molecule has 1 atom stereocenters. The lowest BCUT2D eigenvalue weighted by atomic mass is 9.80. The normalized spacial score (nSPS) is 25.9. The molecule has 1 aliphatic rings. The van der Waals surface area contributed by atoms with Gasteiger partial charge in [-0.15, -0.1) is 0 Å². The number of hydrogen-bond acceptors (Lipinski definition) is 3. The first-order valence-electron chi connectivity index (χ1n) is 7.42. The Morgan fingerprint density at radius 3 is 2.40 bits per heavy atom. The van der Waals surface area contributed by atoms with E-state index in [1.165, 1.54) is 12.8 Å². The van der Waals surface area contributed by atoms with E-state index in [1.807, 2.05) is 12.1 Å². The first-order valence-corrected chi connectivity index (χ1v) is 7.42. The van der Waals surface area contributed by atoms with E-state index in [0.717, 1.165) is 36.3 Å². The van der Waals surface area contributed by atoms with Crippen LogP contribution in [0.2, 0.25) is 0 Å². The third-order valence-corrected chi connectivity index (χ3v) is 4.67. The molecule has 0 spiro atoms. The minimum Gasteiger partial charge on any atom is -0.497 e. The fourth-order valence-corrected chi connectivity index (χ4v) is 3.17. The zero-order valence-electron chi connectivity index (χ0n) is 13.2.